The summed E-state index contributed by atoms with van der Waals surface area (Å²) in [6, 6.07) is 77.8. The van der Waals surface area contributed by atoms with Gasteiger partial charge < -0.3 is 4.90 Å². The van der Waals surface area contributed by atoms with Gasteiger partial charge in [0.25, 0.3) is 0 Å². The Hall–Kier alpha value is -7.00. The molecule has 0 atom stereocenters. The first kappa shape index (κ1) is 32.4. The molecule has 0 bridgehead atoms. The average Bonchev–Trinajstić information content (AvgIpc) is 3.65. The molecule has 0 aliphatic carbocycles. The van der Waals surface area contributed by atoms with Crippen molar-refractivity contribution in [1.82, 2.24) is 0 Å². The highest BCUT2D eigenvalue weighted by Gasteiger charge is 2.19. The molecule has 0 radical (unpaired) electrons. The third-order valence-corrected chi connectivity index (χ3v) is 12.4. The number of hydrogen-bond donors (Lipinski definition) is 0. The molecule has 0 aliphatic heterocycles. The molecule has 0 saturated heterocycles. The summed E-state index contributed by atoms with van der Waals surface area (Å²) in [7, 11) is 0. The van der Waals surface area contributed by atoms with Crippen molar-refractivity contribution in [2.75, 3.05) is 4.90 Å². The third-order valence-electron chi connectivity index (χ3n) is 11.2. The number of anilines is 3. The van der Waals surface area contributed by atoms with Gasteiger partial charge in [-0.05, 0) is 120 Å². The maximum atomic E-state index is 2.41. The molecular weight excluding hydrogens is 695 g/mol. The molecule has 1 heterocycles. The van der Waals surface area contributed by atoms with Crippen LogP contribution in [0.15, 0.2) is 212 Å². The molecule has 0 amide bonds. The summed E-state index contributed by atoms with van der Waals surface area (Å²) in [4.78, 5) is 2.40. The smallest absolute Gasteiger partial charge is 0.0468 e. The molecule has 0 spiro atoms. The summed E-state index contributed by atoms with van der Waals surface area (Å²) >= 11 is 1.86. The zero-order valence-corrected chi connectivity index (χ0v) is 31.4. The van der Waals surface area contributed by atoms with Gasteiger partial charge >= 0.3 is 0 Å². The van der Waals surface area contributed by atoms with Crippen molar-refractivity contribution in [2.24, 2.45) is 0 Å². The van der Waals surface area contributed by atoms with Gasteiger partial charge in [0.1, 0.15) is 0 Å². The van der Waals surface area contributed by atoms with E-state index in [0.717, 1.165) is 17.1 Å². The minimum absolute atomic E-state index is 1.12. The molecule has 1 nitrogen and oxygen atoms in total. The Balaban J connectivity index is 1.08. The van der Waals surface area contributed by atoms with Gasteiger partial charge in [-0.3, -0.25) is 0 Å². The Labute approximate surface area is 330 Å². The lowest BCUT2D eigenvalue weighted by Gasteiger charge is -2.26. The Bertz CT molecular complexity index is 3230. The fourth-order valence-electron chi connectivity index (χ4n) is 8.60. The van der Waals surface area contributed by atoms with E-state index in [1.165, 1.54) is 85.9 Å². The molecule has 56 heavy (non-hydrogen) atoms. The Kier molecular flexibility index (Phi) is 7.75. The largest absolute Gasteiger partial charge is 0.310 e. The van der Waals surface area contributed by atoms with Crippen molar-refractivity contribution >= 4 is 80.9 Å². The first-order chi connectivity index (χ1) is 27.8. The number of hydrogen-bond acceptors (Lipinski definition) is 2. The van der Waals surface area contributed by atoms with Crippen LogP contribution in [-0.4, -0.2) is 0 Å². The summed E-state index contributed by atoms with van der Waals surface area (Å²) in [5.74, 6) is 0. The quantitative estimate of drug-likeness (QED) is 0.154. The fraction of sp³-hybridized carbons (Fsp3) is 0. The van der Waals surface area contributed by atoms with Crippen LogP contribution >= 0.6 is 11.3 Å². The predicted molar refractivity (Wildman–Crippen MR) is 243 cm³/mol. The molecule has 262 valence electrons. The summed E-state index contributed by atoms with van der Waals surface area (Å²) < 4.78 is 2.62. The normalized spacial score (nSPS) is 11.6. The minimum atomic E-state index is 1.12. The van der Waals surface area contributed by atoms with Crippen LogP contribution in [0.25, 0.3) is 85.9 Å². The topological polar surface area (TPSA) is 3.24 Å². The van der Waals surface area contributed by atoms with Crippen LogP contribution in [0.4, 0.5) is 17.1 Å². The standard InChI is InChI=1S/C54H35NS/c1-3-14-38(15-4-1)53-48-21-10-9-19-45(48)46-31-26-41(34-50(46)54(53)39-16-5-2-6-17-39)37-23-27-42(28-24-37)55(43-29-25-36-13-7-8-18-40(36)33-43)44-30-32-52-49(35-44)47-20-11-12-22-51(47)56-52/h1-35H. The number of benzene rings is 10. The molecule has 1 aromatic heterocycles. The van der Waals surface area contributed by atoms with E-state index in [1.54, 1.807) is 0 Å². The number of rotatable bonds is 6. The number of fused-ring (bicyclic) bond motifs is 7. The third kappa shape index (κ3) is 5.46. The number of nitrogens with zero attached hydrogens (tertiary/aromatic N) is 1. The van der Waals surface area contributed by atoms with E-state index in [-0.39, 0.29) is 0 Å². The fourth-order valence-corrected chi connectivity index (χ4v) is 9.69. The molecule has 0 unspecified atom stereocenters. The maximum absolute atomic E-state index is 2.41. The zero-order chi connectivity index (χ0) is 37.0. The van der Waals surface area contributed by atoms with E-state index in [9.17, 15) is 0 Å². The maximum Gasteiger partial charge on any atom is 0.0468 e. The van der Waals surface area contributed by atoms with Crippen molar-refractivity contribution in [2.45, 2.75) is 0 Å². The Morgan fingerprint density at radius 3 is 1.57 bits per heavy atom. The second kappa shape index (κ2) is 13.4. The lowest BCUT2D eigenvalue weighted by molar-refractivity contribution is 1.30. The average molecular weight is 730 g/mol. The highest BCUT2D eigenvalue weighted by molar-refractivity contribution is 7.25. The van der Waals surface area contributed by atoms with Crippen molar-refractivity contribution in [1.29, 1.82) is 0 Å². The van der Waals surface area contributed by atoms with Gasteiger partial charge in [-0.1, -0.05) is 158 Å². The minimum Gasteiger partial charge on any atom is -0.310 e. The van der Waals surface area contributed by atoms with Gasteiger partial charge in [-0.25, -0.2) is 0 Å². The molecule has 0 N–H and O–H groups in total. The summed E-state index contributed by atoms with van der Waals surface area (Å²) in [5, 5.41) is 10.1. The monoisotopic (exact) mass is 729 g/mol. The second-order valence-corrected chi connectivity index (χ2v) is 15.6. The van der Waals surface area contributed by atoms with E-state index < -0.39 is 0 Å². The lowest BCUT2D eigenvalue weighted by Crippen LogP contribution is -2.09. The molecule has 11 rings (SSSR count). The van der Waals surface area contributed by atoms with Gasteiger partial charge in [0.2, 0.25) is 0 Å². The van der Waals surface area contributed by atoms with Crippen LogP contribution in [0.1, 0.15) is 0 Å². The zero-order valence-electron chi connectivity index (χ0n) is 30.6. The highest BCUT2D eigenvalue weighted by Crippen LogP contribution is 2.46. The van der Waals surface area contributed by atoms with E-state index >= 15 is 0 Å². The molecular formula is C54H35NS. The summed E-state index contributed by atoms with van der Waals surface area (Å²) in [5.41, 5.74) is 10.7. The van der Waals surface area contributed by atoms with Gasteiger partial charge in [0, 0.05) is 37.2 Å². The second-order valence-electron chi connectivity index (χ2n) is 14.5. The first-order valence-corrected chi connectivity index (χ1v) is 20.0. The van der Waals surface area contributed by atoms with E-state index in [0.29, 0.717) is 0 Å². The van der Waals surface area contributed by atoms with Crippen LogP contribution in [0, 0.1) is 0 Å². The summed E-state index contributed by atoms with van der Waals surface area (Å²) in [6.07, 6.45) is 0. The number of thiophene rings is 1. The molecule has 10 aromatic carbocycles. The van der Waals surface area contributed by atoms with E-state index in [2.05, 4.69) is 217 Å². The molecule has 2 heteroatoms. The van der Waals surface area contributed by atoms with Crippen molar-refractivity contribution in [3.63, 3.8) is 0 Å². The molecule has 0 saturated carbocycles. The van der Waals surface area contributed by atoms with E-state index in [1.807, 2.05) is 11.3 Å². The first-order valence-electron chi connectivity index (χ1n) is 19.2. The van der Waals surface area contributed by atoms with Crippen molar-refractivity contribution in [3.05, 3.63) is 212 Å². The van der Waals surface area contributed by atoms with Crippen LogP contribution < -0.4 is 4.90 Å². The lowest BCUT2D eigenvalue weighted by atomic mass is 9.84. The van der Waals surface area contributed by atoms with Crippen molar-refractivity contribution in [3.8, 4) is 33.4 Å². The van der Waals surface area contributed by atoms with Crippen LogP contribution in [0.2, 0.25) is 0 Å². The Morgan fingerprint density at radius 2 is 0.804 bits per heavy atom. The van der Waals surface area contributed by atoms with Gasteiger partial charge in [0.05, 0.1) is 0 Å². The van der Waals surface area contributed by atoms with Crippen LogP contribution in [0.5, 0.6) is 0 Å². The highest BCUT2D eigenvalue weighted by atomic mass is 32.1. The molecule has 11 aromatic rings. The van der Waals surface area contributed by atoms with Gasteiger partial charge in [-0.15, -0.1) is 11.3 Å². The van der Waals surface area contributed by atoms with Crippen molar-refractivity contribution < 1.29 is 0 Å². The summed E-state index contributed by atoms with van der Waals surface area (Å²) in [6.45, 7) is 0. The molecule has 0 fully saturated rings. The molecule has 0 aliphatic rings. The predicted octanol–water partition coefficient (Wildman–Crippen LogP) is 16.0. The SMILES string of the molecule is c1ccc(-c2c(-c3ccccc3)c3cc(-c4ccc(N(c5ccc6ccccc6c5)c5ccc6sc7ccccc7c6c5)cc4)ccc3c3ccccc23)cc1. The van der Waals surface area contributed by atoms with E-state index in [4.69, 9.17) is 0 Å². The van der Waals surface area contributed by atoms with Crippen LogP contribution in [0.3, 0.4) is 0 Å². The van der Waals surface area contributed by atoms with Gasteiger partial charge in [0.15, 0.2) is 0 Å². The van der Waals surface area contributed by atoms with Gasteiger partial charge in [-0.2, -0.15) is 0 Å². The Morgan fingerprint density at radius 1 is 0.268 bits per heavy atom. The van der Waals surface area contributed by atoms with Crippen LogP contribution in [-0.2, 0) is 0 Å².